The lowest BCUT2D eigenvalue weighted by Gasteiger charge is -2.09. The third-order valence-electron chi connectivity index (χ3n) is 2.42. The third-order valence-corrected chi connectivity index (χ3v) is 3.23. The molecule has 0 radical (unpaired) electrons. The average molecular weight is 286 g/mol. The second-order valence-electron chi connectivity index (χ2n) is 3.94. The number of carboxylic acids is 2. The molecule has 18 heavy (non-hydrogen) atoms. The maximum absolute atomic E-state index is 10.7. The molecule has 1 aromatic carbocycles. The van der Waals surface area contributed by atoms with Gasteiger partial charge in [-0.1, -0.05) is 24.3 Å². The first-order valence-corrected chi connectivity index (χ1v) is 6.33. The molecule has 2 atom stereocenters. The van der Waals surface area contributed by atoms with Crippen molar-refractivity contribution in [3.8, 4) is 0 Å². The maximum Gasteiger partial charge on any atom is 0.316 e. The second kappa shape index (κ2) is 6.70. The Kier molecular flexibility index (Phi) is 5.55. The number of carbonyl (C=O) groups is 2. The van der Waals surface area contributed by atoms with Crippen LogP contribution in [0.15, 0.2) is 24.3 Å². The largest absolute Gasteiger partial charge is 0.480 e. The van der Waals surface area contributed by atoms with E-state index in [1.54, 1.807) is 24.3 Å². The highest BCUT2D eigenvalue weighted by atomic mass is 32.1. The number of thiol groups is 2. The summed E-state index contributed by atoms with van der Waals surface area (Å²) < 4.78 is 0. The summed E-state index contributed by atoms with van der Waals surface area (Å²) in [6.07, 6.45) is 0.604. The number of carboxylic acid groups (broad SMARTS) is 2. The van der Waals surface area contributed by atoms with Crippen molar-refractivity contribution >= 4 is 37.2 Å². The van der Waals surface area contributed by atoms with Gasteiger partial charge in [-0.15, -0.1) is 0 Å². The Morgan fingerprint density at radius 1 is 1.00 bits per heavy atom. The van der Waals surface area contributed by atoms with Gasteiger partial charge in [-0.25, -0.2) is 0 Å². The van der Waals surface area contributed by atoms with Crippen molar-refractivity contribution in [3.05, 3.63) is 35.4 Å². The van der Waals surface area contributed by atoms with E-state index in [0.717, 1.165) is 11.1 Å². The van der Waals surface area contributed by atoms with Crippen LogP contribution < -0.4 is 0 Å². The Bertz CT molecular complexity index is 410. The van der Waals surface area contributed by atoms with Crippen LogP contribution in [-0.4, -0.2) is 32.7 Å². The molecule has 6 heteroatoms. The fourth-order valence-electron chi connectivity index (χ4n) is 1.50. The van der Waals surface area contributed by atoms with Gasteiger partial charge in [0.2, 0.25) is 0 Å². The van der Waals surface area contributed by atoms with Gasteiger partial charge in [0.15, 0.2) is 0 Å². The fraction of sp³-hybridized carbons (Fsp3) is 0.333. The predicted octanol–water partition coefficient (Wildman–Crippen LogP) is 1.54. The van der Waals surface area contributed by atoms with E-state index in [0.29, 0.717) is 12.8 Å². The lowest BCUT2D eigenvalue weighted by molar-refractivity contribution is -0.137. The first-order chi connectivity index (χ1) is 8.40. The first-order valence-electron chi connectivity index (χ1n) is 5.29. The summed E-state index contributed by atoms with van der Waals surface area (Å²) in [6, 6.07) is 7.15. The minimum atomic E-state index is -0.971. The predicted molar refractivity (Wildman–Crippen MR) is 74.7 cm³/mol. The maximum atomic E-state index is 10.7. The summed E-state index contributed by atoms with van der Waals surface area (Å²) >= 11 is 7.93. The molecule has 1 rings (SSSR count). The van der Waals surface area contributed by atoms with Crippen LogP contribution >= 0.6 is 25.3 Å². The molecule has 0 amide bonds. The summed E-state index contributed by atoms with van der Waals surface area (Å²) in [5.41, 5.74) is 1.64. The van der Waals surface area contributed by atoms with Crippen molar-refractivity contribution in [2.45, 2.75) is 23.3 Å². The second-order valence-corrected chi connectivity index (χ2v) is 5.18. The normalized spacial score (nSPS) is 13.9. The SMILES string of the molecule is O=C(O)C(S)Cc1cccc(CC(S)C(=O)O)c1. The van der Waals surface area contributed by atoms with Crippen molar-refractivity contribution in [1.82, 2.24) is 0 Å². The lowest BCUT2D eigenvalue weighted by atomic mass is 10.0. The lowest BCUT2D eigenvalue weighted by Crippen LogP contribution is -2.17. The van der Waals surface area contributed by atoms with Gasteiger partial charge in [-0.05, 0) is 24.0 Å². The van der Waals surface area contributed by atoms with E-state index in [1.165, 1.54) is 0 Å². The van der Waals surface area contributed by atoms with Gasteiger partial charge >= 0.3 is 11.9 Å². The first kappa shape index (κ1) is 14.9. The highest BCUT2D eigenvalue weighted by Crippen LogP contribution is 2.14. The highest BCUT2D eigenvalue weighted by molar-refractivity contribution is 7.82. The van der Waals surface area contributed by atoms with Crippen LogP contribution in [0.3, 0.4) is 0 Å². The Morgan fingerprint density at radius 2 is 1.39 bits per heavy atom. The molecule has 0 aliphatic carbocycles. The smallest absolute Gasteiger partial charge is 0.316 e. The van der Waals surface area contributed by atoms with Gasteiger partial charge in [0.1, 0.15) is 10.5 Å². The molecule has 0 saturated carbocycles. The number of rotatable bonds is 6. The van der Waals surface area contributed by atoms with Crippen molar-refractivity contribution in [1.29, 1.82) is 0 Å². The van der Waals surface area contributed by atoms with Crippen LogP contribution in [0.1, 0.15) is 11.1 Å². The zero-order valence-electron chi connectivity index (χ0n) is 9.48. The van der Waals surface area contributed by atoms with Crippen LogP contribution in [0, 0.1) is 0 Å². The van der Waals surface area contributed by atoms with E-state index in [2.05, 4.69) is 25.3 Å². The van der Waals surface area contributed by atoms with Gasteiger partial charge in [-0.2, -0.15) is 25.3 Å². The zero-order chi connectivity index (χ0) is 13.7. The highest BCUT2D eigenvalue weighted by Gasteiger charge is 2.15. The van der Waals surface area contributed by atoms with E-state index >= 15 is 0 Å². The molecule has 0 saturated heterocycles. The molecule has 0 heterocycles. The summed E-state index contributed by atoms with van der Waals surface area (Å²) in [5, 5.41) is 16.0. The quantitative estimate of drug-likeness (QED) is 0.598. The van der Waals surface area contributed by atoms with E-state index in [9.17, 15) is 9.59 Å². The molecular formula is C12H14O4S2. The van der Waals surface area contributed by atoms with Gasteiger partial charge in [0.05, 0.1) is 0 Å². The zero-order valence-corrected chi connectivity index (χ0v) is 11.3. The van der Waals surface area contributed by atoms with Gasteiger partial charge in [0, 0.05) is 0 Å². The van der Waals surface area contributed by atoms with Crippen LogP contribution in [0.2, 0.25) is 0 Å². The Morgan fingerprint density at radius 3 is 1.72 bits per heavy atom. The molecule has 0 aliphatic rings. The average Bonchev–Trinajstić information content (AvgIpc) is 2.29. The summed E-state index contributed by atoms with van der Waals surface area (Å²) in [6.45, 7) is 0. The van der Waals surface area contributed by atoms with E-state index in [1.807, 2.05) is 0 Å². The van der Waals surface area contributed by atoms with E-state index in [-0.39, 0.29) is 0 Å². The summed E-state index contributed by atoms with van der Waals surface area (Å²) in [5.74, 6) is -1.94. The van der Waals surface area contributed by atoms with Crippen LogP contribution in [0.25, 0.3) is 0 Å². The molecule has 98 valence electrons. The Balaban J connectivity index is 2.73. The molecule has 0 aliphatic heterocycles. The minimum Gasteiger partial charge on any atom is -0.480 e. The molecule has 2 unspecified atom stereocenters. The number of hydrogen-bond acceptors (Lipinski definition) is 4. The molecule has 0 spiro atoms. The third kappa shape index (κ3) is 4.62. The molecule has 0 aromatic heterocycles. The van der Waals surface area contributed by atoms with E-state index < -0.39 is 22.4 Å². The van der Waals surface area contributed by atoms with Crippen LogP contribution in [0.5, 0.6) is 0 Å². The van der Waals surface area contributed by atoms with Crippen molar-refractivity contribution in [3.63, 3.8) is 0 Å². The Labute approximate surface area is 116 Å². The van der Waals surface area contributed by atoms with Crippen molar-refractivity contribution in [2.24, 2.45) is 0 Å². The fourth-order valence-corrected chi connectivity index (χ4v) is 1.93. The van der Waals surface area contributed by atoms with Crippen LogP contribution in [-0.2, 0) is 22.4 Å². The van der Waals surface area contributed by atoms with Crippen LogP contribution in [0.4, 0.5) is 0 Å². The Hall–Kier alpha value is -1.14. The molecular weight excluding hydrogens is 272 g/mol. The standard InChI is InChI=1S/C12H14O4S2/c13-11(14)9(17)5-7-2-1-3-8(4-7)6-10(18)12(15)16/h1-4,9-10,17-18H,5-6H2,(H,13,14)(H,15,16). The molecule has 0 fully saturated rings. The van der Waals surface area contributed by atoms with Gasteiger partial charge < -0.3 is 10.2 Å². The number of hydrogen-bond donors (Lipinski definition) is 4. The minimum absolute atomic E-state index is 0.302. The summed E-state index contributed by atoms with van der Waals surface area (Å²) in [4.78, 5) is 21.4. The molecule has 0 bridgehead atoms. The molecule has 1 aromatic rings. The number of benzene rings is 1. The van der Waals surface area contributed by atoms with E-state index in [4.69, 9.17) is 10.2 Å². The topological polar surface area (TPSA) is 74.6 Å². The van der Waals surface area contributed by atoms with Crippen molar-refractivity contribution < 1.29 is 19.8 Å². The number of aliphatic carboxylic acids is 2. The monoisotopic (exact) mass is 286 g/mol. The molecule has 4 nitrogen and oxygen atoms in total. The van der Waals surface area contributed by atoms with Crippen molar-refractivity contribution in [2.75, 3.05) is 0 Å². The van der Waals surface area contributed by atoms with Gasteiger partial charge in [-0.3, -0.25) is 9.59 Å². The van der Waals surface area contributed by atoms with Gasteiger partial charge in [0.25, 0.3) is 0 Å². The molecule has 2 N–H and O–H groups in total. The summed E-state index contributed by atoms with van der Waals surface area (Å²) in [7, 11) is 0.